The van der Waals surface area contributed by atoms with Crippen molar-refractivity contribution in [2.24, 2.45) is 0 Å². The molecule has 0 aromatic heterocycles. The standard InChI is InChI=1S/C16H20NO6P/c1-2-13(10-3-5-11(18)6-4-10)16(20)14-8-7-12(19)9-15(14)17-24(21,22)23/h3-9,13,16,18-20H,2H2,1H3,(H3,17,21,22,23). The molecule has 2 aromatic carbocycles. The summed E-state index contributed by atoms with van der Waals surface area (Å²) in [5, 5.41) is 31.7. The van der Waals surface area contributed by atoms with Gasteiger partial charge in [-0.1, -0.05) is 25.1 Å². The molecule has 0 aliphatic carbocycles. The van der Waals surface area contributed by atoms with Gasteiger partial charge in [0.25, 0.3) is 0 Å². The van der Waals surface area contributed by atoms with E-state index in [2.05, 4.69) is 0 Å². The van der Waals surface area contributed by atoms with E-state index < -0.39 is 13.9 Å². The Hall–Kier alpha value is -2.05. The smallest absolute Gasteiger partial charge is 0.427 e. The van der Waals surface area contributed by atoms with E-state index in [1.54, 1.807) is 12.1 Å². The molecule has 0 amide bonds. The summed E-state index contributed by atoms with van der Waals surface area (Å²) in [4.78, 5) is 18.2. The van der Waals surface area contributed by atoms with Crippen molar-refractivity contribution < 1.29 is 29.7 Å². The number of benzene rings is 2. The van der Waals surface area contributed by atoms with Crippen LogP contribution in [-0.2, 0) is 4.57 Å². The molecule has 7 nitrogen and oxygen atoms in total. The van der Waals surface area contributed by atoms with Gasteiger partial charge in [0.1, 0.15) is 11.5 Å². The van der Waals surface area contributed by atoms with E-state index in [9.17, 15) is 19.9 Å². The predicted octanol–water partition coefficient (Wildman–Crippen LogP) is 2.83. The minimum atomic E-state index is -4.60. The zero-order chi connectivity index (χ0) is 17.9. The Morgan fingerprint density at radius 2 is 1.62 bits per heavy atom. The summed E-state index contributed by atoms with van der Waals surface area (Å²) in [5.41, 5.74) is 1.00. The topological polar surface area (TPSA) is 130 Å². The molecule has 2 unspecified atom stereocenters. The predicted molar refractivity (Wildman–Crippen MR) is 89.9 cm³/mol. The molecule has 0 fully saturated rings. The molecule has 2 atom stereocenters. The molecule has 0 saturated carbocycles. The van der Waals surface area contributed by atoms with Gasteiger partial charge in [-0.2, -0.15) is 0 Å². The molecule has 0 aliphatic heterocycles. The average molecular weight is 353 g/mol. The number of rotatable bonds is 6. The molecule has 0 radical (unpaired) electrons. The number of aromatic hydroxyl groups is 2. The van der Waals surface area contributed by atoms with Crippen LogP contribution in [0.15, 0.2) is 42.5 Å². The summed E-state index contributed by atoms with van der Waals surface area (Å²) < 4.78 is 11.2. The zero-order valence-corrected chi connectivity index (χ0v) is 13.9. The highest BCUT2D eigenvalue weighted by molar-refractivity contribution is 7.53. The second-order valence-electron chi connectivity index (χ2n) is 5.48. The summed E-state index contributed by atoms with van der Waals surface area (Å²) >= 11 is 0. The average Bonchev–Trinajstić information content (AvgIpc) is 2.48. The van der Waals surface area contributed by atoms with Crippen molar-refractivity contribution in [1.82, 2.24) is 0 Å². The molecule has 130 valence electrons. The van der Waals surface area contributed by atoms with Gasteiger partial charge in [-0.05, 0) is 30.2 Å². The third kappa shape index (κ3) is 4.49. The maximum absolute atomic E-state index is 11.2. The summed E-state index contributed by atoms with van der Waals surface area (Å²) in [6, 6.07) is 10.3. The lowest BCUT2D eigenvalue weighted by Crippen LogP contribution is -2.12. The fourth-order valence-corrected chi connectivity index (χ4v) is 3.14. The van der Waals surface area contributed by atoms with E-state index in [1.165, 1.54) is 24.3 Å². The molecule has 2 aromatic rings. The fourth-order valence-electron chi connectivity index (χ4n) is 2.64. The molecule has 6 N–H and O–H groups in total. The lowest BCUT2D eigenvalue weighted by atomic mass is 9.86. The van der Waals surface area contributed by atoms with Crippen LogP contribution in [-0.4, -0.2) is 25.1 Å². The Morgan fingerprint density at radius 1 is 1.04 bits per heavy atom. The molecule has 0 saturated heterocycles. The van der Waals surface area contributed by atoms with Crippen molar-refractivity contribution in [2.75, 3.05) is 5.09 Å². The summed E-state index contributed by atoms with van der Waals surface area (Å²) in [5.74, 6) is -0.427. The molecule has 24 heavy (non-hydrogen) atoms. The van der Waals surface area contributed by atoms with E-state index in [1.807, 2.05) is 12.0 Å². The maximum atomic E-state index is 11.2. The monoisotopic (exact) mass is 353 g/mol. The van der Waals surface area contributed by atoms with Gasteiger partial charge in [0.2, 0.25) is 0 Å². The van der Waals surface area contributed by atoms with E-state index in [4.69, 9.17) is 9.79 Å². The van der Waals surface area contributed by atoms with Crippen LogP contribution in [0.4, 0.5) is 5.69 Å². The van der Waals surface area contributed by atoms with Crippen LogP contribution >= 0.6 is 7.75 Å². The Kier molecular flexibility index (Phi) is 5.51. The number of hydrogen-bond acceptors (Lipinski definition) is 4. The van der Waals surface area contributed by atoms with E-state index in [0.29, 0.717) is 6.42 Å². The number of phenolic OH excluding ortho intramolecular Hbond substituents is 2. The molecule has 0 bridgehead atoms. The molecule has 8 heteroatoms. The van der Waals surface area contributed by atoms with Crippen molar-refractivity contribution in [2.45, 2.75) is 25.4 Å². The maximum Gasteiger partial charge on any atom is 0.427 e. The van der Waals surface area contributed by atoms with E-state index in [0.717, 1.165) is 11.6 Å². The highest BCUT2D eigenvalue weighted by Crippen LogP contribution is 2.43. The van der Waals surface area contributed by atoms with Crippen LogP contribution in [0, 0.1) is 0 Å². The largest absolute Gasteiger partial charge is 0.508 e. The van der Waals surface area contributed by atoms with Gasteiger partial charge in [-0.25, -0.2) is 4.57 Å². The molecule has 0 spiro atoms. The highest BCUT2D eigenvalue weighted by Gasteiger charge is 2.26. The number of aliphatic hydroxyl groups is 1. The Morgan fingerprint density at radius 3 is 2.17 bits per heavy atom. The van der Waals surface area contributed by atoms with Crippen molar-refractivity contribution >= 4 is 13.4 Å². The van der Waals surface area contributed by atoms with Crippen molar-refractivity contribution in [3.05, 3.63) is 53.6 Å². The number of aliphatic hydroxyl groups excluding tert-OH is 1. The molecular formula is C16H20NO6P. The van der Waals surface area contributed by atoms with Crippen LogP contribution in [0.25, 0.3) is 0 Å². The Labute approximate surface area is 139 Å². The molecule has 0 aliphatic rings. The summed E-state index contributed by atoms with van der Waals surface area (Å²) in [7, 11) is -4.60. The van der Waals surface area contributed by atoms with Gasteiger partial charge >= 0.3 is 7.75 Å². The van der Waals surface area contributed by atoms with Crippen molar-refractivity contribution in [3.63, 3.8) is 0 Å². The molecule has 0 heterocycles. The van der Waals surface area contributed by atoms with Crippen molar-refractivity contribution in [3.8, 4) is 11.5 Å². The molecule has 2 rings (SSSR count). The highest BCUT2D eigenvalue weighted by atomic mass is 31.2. The normalized spacial score (nSPS) is 14.2. The third-order valence-corrected chi connectivity index (χ3v) is 4.30. The van der Waals surface area contributed by atoms with E-state index >= 15 is 0 Å². The van der Waals surface area contributed by atoms with Gasteiger partial charge in [-0.15, -0.1) is 0 Å². The van der Waals surface area contributed by atoms with Gasteiger partial charge in [0.15, 0.2) is 0 Å². The Balaban J connectivity index is 2.41. The summed E-state index contributed by atoms with van der Waals surface area (Å²) in [6.07, 6.45) is -0.503. The third-order valence-electron chi connectivity index (χ3n) is 3.76. The second-order valence-corrected chi connectivity index (χ2v) is 6.79. The summed E-state index contributed by atoms with van der Waals surface area (Å²) in [6.45, 7) is 1.87. The van der Waals surface area contributed by atoms with E-state index in [-0.39, 0.29) is 28.7 Å². The zero-order valence-electron chi connectivity index (χ0n) is 13.0. The van der Waals surface area contributed by atoms with Crippen LogP contribution in [0.1, 0.15) is 36.5 Å². The van der Waals surface area contributed by atoms with Crippen LogP contribution in [0.2, 0.25) is 0 Å². The minimum Gasteiger partial charge on any atom is -0.508 e. The van der Waals surface area contributed by atoms with Crippen LogP contribution in [0.5, 0.6) is 11.5 Å². The van der Waals surface area contributed by atoms with Crippen LogP contribution in [0.3, 0.4) is 0 Å². The van der Waals surface area contributed by atoms with Gasteiger partial charge < -0.3 is 25.1 Å². The number of anilines is 1. The number of nitrogens with one attached hydrogen (secondary N) is 1. The second kappa shape index (κ2) is 7.23. The minimum absolute atomic E-state index is 0.0342. The lowest BCUT2D eigenvalue weighted by Gasteiger charge is -2.25. The first-order valence-corrected chi connectivity index (χ1v) is 8.96. The van der Waals surface area contributed by atoms with Gasteiger partial charge in [0, 0.05) is 17.5 Å². The first kappa shape index (κ1) is 18.3. The molecular weight excluding hydrogens is 333 g/mol. The fraction of sp³-hybridized carbons (Fsp3) is 0.250. The Bertz CT molecular complexity index is 743. The number of phenols is 2. The number of hydrogen-bond donors (Lipinski definition) is 6. The quantitative estimate of drug-likeness (QED) is 0.440. The first-order chi connectivity index (χ1) is 11.2. The van der Waals surface area contributed by atoms with Crippen LogP contribution < -0.4 is 5.09 Å². The SMILES string of the molecule is CCC(c1ccc(O)cc1)C(O)c1ccc(O)cc1NP(=O)(O)O. The van der Waals surface area contributed by atoms with Crippen molar-refractivity contribution in [1.29, 1.82) is 0 Å². The van der Waals surface area contributed by atoms with Gasteiger partial charge in [-0.3, -0.25) is 5.09 Å². The van der Waals surface area contributed by atoms with Gasteiger partial charge in [0.05, 0.1) is 11.8 Å². The first-order valence-electron chi connectivity index (χ1n) is 7.35. The lowest BCUT2D eigenvalue weighted by molar-refractivity contribution is 0.143.